The Morgan fingerprint density at radius 3 is 2.68 bits per heavy atom. The first kappa shape index (κ1) is 18.9. The number of carbonyl (C=O) groups is 2. The Kier molecular flexibility index (Phi) is 4.87. The van der Waals surface area contributed by atoms with E-state index in [1.165, 1.54) is 17.2 Å². The normalized spacial score (nSPS) is 18.4. The molecule has 1 aromatic heterocycles. The summed E-state index contributed by atoms with van der Waals surface area (Å²) < 4.78 is 5.82. The molecule has 0 saturated heterocycles. The second kappa shape index (κ2) is 7.20. The van der Waals surface area contributed by atoms with Gasteiger partial charge in [0.2, 0.25) is 5.78 Å². The third-order valence-electron chi connectivity index (χ3n) is 4.79. The number of hydrogen-bond donors (Lipinski definition) is 1. The molecular formula is C21H15BrClNO4. The summed E-state index contributed by atoms with van der Waals surface area (Å²) in [5.74, 6) is -0.922. The number of furan rings is 1. The van der Waals surface area contributed by atoms with E-state index in [9.17, 15) is 14.7 Å². The molecule has 0 fully saturated rings. The van der Waals surface area contributed by atoms with Crippen molar-refractivity contribution in [3.8, 4) is 0 Å². The zero-order chi connectivity index (χ0) is 19.9. The van der Waals surface area contributed by atoms with Gasteiger partial charge in [0.15, 0.2) is 11.4 Å². The molecule has 1 amide bonds. The number of halogens is 2. The van der Waals surface area contributed by atoms with Gasteiger partial charge in [0.25, 0.3) is 5.91 Å². The molecule has 2 heterocycles. The van der Waals surface area contributed by atoms with Crippen LogP contribution in [0.5, 0.6) is 0 Å². The molecule has 1 atom stereocenters. The molecule has 28 heavy (non-hydrogen) atoms. The van der Waals surface area contributed by atoms with Gasteiger partial charge in [-0.2, -0.15) is 0 Å². The van der Waals surface area contributed by atoms with Crippen molar-refractivity contribution < 1.29 is 19.1 Å². The van der Waals surface area contributed by atoms with Gasteiger partial charge >= 0.3 is 0 Å². The van der Waals surface area contributed by atoms with Gasteiger partial charge < -0.3 is 14.4 Å². The van der Waals surface area contributed by atoms with Gasteiger partial charge in [-0.1, -0.05) is 45.7 Å². The molecule has 2 aromatic carbocycles. The molecule has 0 aliphatic carbocycles. The van der Waals surface area contributed by atoms with Gasteiger partial charge in [0.1, 0.15) is 0 Å². The van der Waals surface area contributed by atoms with E-state index in [2.05, 4.69) is 15.9 Å². The molecule has 0 radical (unpaired) electrons. The van der Waals surface area contributed by atoms with Gasteiger partial charge in [-0.3, -0.25) is 9.59 Å². The number of amides is 1. The smallest absolute Gasteiger partial charge is 0.264 e. The topological polar surface area (TPSA) is 70.8 Å². The molecule has 1 unspecified atom stereocenters. The Labute approximate surface area is 174 Å². The number of ketones is 1. The Morgan fingerprint density at radius 1 is 1.18 bits per heavy atom. The predicted octanol–water partition coefficient (Wildman–Crippen LogP) is 4.70. The van der Waals surface area contributed by atoms with Crippen molar-refractivity contribution in [2.24, 2.45) is 0 Å². The fraction of sp³-hybridized carbons (Fsp3) is 0.143. The highest BCUT2D eigenvalue weighted by molar-refractivity contribution is 9.10. The number of aliphatic hydroxyl groups is 1. The minimum atomic E-state index is -1.98. The summed E-state index contributed by atoms with van der Waals surface area (Å²) in [6, 6.07) is 15.5. The van der Waals surface area contributed by atoms with Crippen LogP contribution < -0.4 is 4.90 Å². The molecule has 0 spiro atoms. The van der Waals surface area contributed by atoms with E-state index in [1.807, 2.05) is 12.1 Å². The molecule has 1 N–H and O–H groups in total. The number of nitrogens with zero attached hydrogens (tertiary/aromatic N) is 1. The van der Waals surface area contributed by atoms with E-state index in [0.717, 1.165) is 5.56 Å². The van der Waals surface area contributed by atoms with Crippen molar-refractivity contribution in [1.82, 2.24) is 0 Å². The van der Waals surface area contributed by atoms with Crippen molar-refractivity contribution in [2.75, 3.05) is 4.90 Å². The molecule has 142 valence electrons. The largest absolute Gasteiger partial charge is 0.461 e. The van der Waals surface area contributed by atoms with E-state index in [-0.39, 0.29) is 12.3 Å². The zero-order valence-corrected chi connectivity index (χ0v) is 16.9. The van der Waals surface area contributed by atoms with Crippen molar-refractivity contribution >= 4 is 44.9 Å². The van der Waals surface area contributed by atoms with Crippen molar-refractivity contribution in [2.45, 2.75) is 18.6 Å². The van der Waals surface area contributed by atoms with Gasteiger partial charge in [-0.15, -0.1) is 0 Å². The summed E-state index contributed by atoms with van der Waals surface area (Å²) in [7, 11) is 0. The predicted molar refractivity (Wildman–Crippen MR) is 108 cm³/mol. The van der Waals surface area contributed by atoms with Gasteiger partial charge in [-0.05, 0) is 42.0 Å². The molecule has 0 saturated carbocycles. The van der Waals surface area contributed by atoms with E-state index in [1.54, 1.807) is 36.4 Å². The summed E-state index contributed by atoms with van der Waals surface area (Å²) >= 11 is 9.63. The summed E-state index contributed by atoms with van der Waals surface area (Å²) in [6.07, 6.45) is 0.962. The van der Waals surface area contributed by atoms with Crippen LogP contribution in [0.1, 0.15) is 28.1 Å². The number of carbonyl (C=O) groups excluding carboxylic acids is 2. The first-order valence-electron chi connectivity index (χ1n) is 8.54. The third-order valence-corrected chi connectivity index (χ3v) is 5.65. The molecule has 5 nitrogen and oxygen atoms in total. The number of anilines is 1. The van der Waals surface area contributed by atoms with Crippen LogP contribution in [0.25, 0.3) is 0 Å². The molecule has 1 aliphatic rings. The lowest BCUT2D eigenvalue weighted by atomic mass is 9.89. The lowest BCUT2D eigenvalue weighted by Gasteiger charge is -2.22. The molecule has 3 aromatic rings. The summed E-state index contributed by atoms with van der Waals surface area (Å²) in [5.41, 5.74) is -0.320. The van der Waals surface area contributed by atoms with E-state index in [0.29, 0.717) is 20.7 Å². The average Bonchev–Trinajstić information content (AvgIpc) is 3.27. The first-order chi connectivity index (χ1) is 13.4. The molecule has 0 bridgehead atoms. The Balaban J connectivity index is 1.74. The maximum absolute atomic E-state index is 13.3. The number of fused-ring (bicyclic) bond motifs is 1. The summed E-state index contributed by atoms with van der Waals surface area (Å²) in [6.45, 7) is 0.185. The Morgan fingerprint density at radius 2 is 1.96 bits per heavy atom. The highest BCUT2D eigenvalue weighted by Crippen LogP contribution is 2.45. The molecular weight excluding hydrogens is 446 g/mol. The van der Waals surface area contributed by atoms with Gasteiger partial charge in [-0.25, -0.2) is 0 Å². The first-order valence-corrected chi connectivity index (χ1v) is 9.72. The van der Waals surface area contributed by atoms with E-state index < -0.39 is 23.7 Å². The lowest BCUT2D eigenvalue weighted by Crippen LogP contribution is -2.41. The monoisotopic (exact) mass is 459 g/mol. The number of hydrogen-bond acceptors (Lipinski definition) is 4. The van der Waals surface area contributed by atoms with Crippen LogP contribution in [0, 0.1) is 0 Å². The van der Waals surface area contributed by atoms with Crippen LogP contribution in [0.3, 0.4) is 0 Å². The highest BCUT2D eigenvalue weighted by Gasteiger charge is 2.51. The third kappa shape index (κ3) is 3.17. The Hall–Kier alpha value is -2.41. The maximum atomic E-state index is 13.3. The zero-order valence-electron chi connectivity index (χ0n) is 14.6. The van der Waals surface area contributed by atoms with Crippen molar-refractivity contribution in [3.63, 3.8) is 0 Å². The minimum Gasteiger partial charge on any atom is -0.461 e. The van der Waals surface area contributed by atoms with Crippen molar-refractivity contribution in [3.05, 3.63) is 87.2 Å². The van der Waals surface area contributed by atoms with Crippen LogP contribution in [-0.2, 0) is 16.9 Å². The van der Waals surface area contributed by atoms with Gasteiger partial charge in [0.05, 0.1) is 24.9 Å². The standard InChI is InChI=1S/C21H15BrClNO4/c22-14-7-8-17-15(10-14)21(27,11-18(25)19-6-3-9-28-19)20(26)24(17)12-13-4-1-2-5-16(13)23/h1-10,27H,11-12H2. The fourth-order valence-corrected chi connectivity index (χ4v) is 3.96. The van der Waals surface area contributed by atoms with Crippen LogP contribution in [-0.4, -0.2) is 16.8 Å². The van der Waals surface area contributed by atoms with Crippen LogP contribution in [0.2, 0.25) is 5.02 Å². The van der Waals surface area contributed by atoms with Crippen LogP contribution in [0.4, 0.5) is 5.69 Å². The SMILES string of the molecule is O=C(CC1(O)C(=O)N(Cc2ccccc2Cl)c2ccc(Br)cc21)c1ccco1. The van der Waals surface area contributed by atoms with Crippen LogP contribution >= 0.6 is 27.5 Å². The highest BCUT2D eigenvalue weighted by atomic mass is 79.9. The van der Waals surface area contributed by atoms with Crippen LogP contribution in [0.15, 0.2) is 69.8 Å². The molecule has 7 heteroatoms. The van der Waals surface area contributed by atoms with E-state index >= 15 is 0 Å². The number of rotatable bonds is 5. The second-order valence-electron chi connectivity index (χ2n) is 6.58. The fourth-order valence-electron chi connectivity index (χ4n) is 3.40. The minimum absolute atomic E-state index is 0.0994. The molecule has 4 rings (SSSR count). The van der Waals surface area contributed by atoms with E-state index in [4.69, 9.17) is 16.0 Å². The van der Waals surface area contributed by atoms with Crippen molar-refractivity contribution in [1.29, 1.82) is 0 Å². The number of Topliss-reactive ketones (excluding diaryl/α,β-unsaturated/α-hetero) is 1. The number of benzene rings is 2. The maximum Gasteiger partial charge on any atom is 0.264 e. The summed E-state index contributed by atoms with van der Waals surface area (Å²) in [5, 5.41) is 11.8. The Bertz CT molecular complexity index is 1070. The lowest BCUT2D eigenvalue weighted by molar-refractivity contribution is -0.136. The second-order valence-corrected chi connectivity index (χ2v) is 7.90. The molecule has 1 aliphatic heterocycles. The quantitative estimate of drug-likeness (QED) is 0.560. The average molecular weight is 461 g/mol. The van der Waals surface area contributed by atoms with Gasteiger partial charge in [0, 0.05) is 15.1 Å². The summed E-state index contributed by atoms with van der Waals surface area (Å²) in [4.78, 5) is 27.3.